The second-order valence-corrected chi connectivity index (χ2v) is 3.56. The molecule has 1 atom stereocenters. The van der Waals surface area contributed by atoms with Crippen molar-refractivity contribution in [1.82, 2.24) is 5.32 Å². The lowest BCUT2D eigenvalue weighted by Crippen LogP contribution is -2.27. The van der Waals surface area contributed by atoms with E-state index >= 15 is 0 Å². The Kier molecular flexibility index (Phi) is 2.38. The summed E-state index contributed by atoms with van der Waals surface area (Å²) >= 11 is 0. The summed E-state index contributed by atoms with van der Waals surface area (Å²) in [5, 5.41) is 3.20. The van der Waals surface area contributed by atoms with Gasteiger partial charge >= 0.3 is 0 Å². The normalized spacial score (nSPS) is 19.5. The van der Waals surface area contributed by atoms with Crippen molar-refractivity contribution in [2.75, 3.05) is 0 Å². The summed E-state index contributed by atoms with van der Waals surface area (Å²) in [4.78, 5) is 10.6. The maximum Gasteiger partial charge on any atom is 0.145 e. The largest absolute Gasteiger partial charge is 0.372 e. The Balaban J connectivity index is 2.45. The van der Waals surface area contributed by atoms with E-state index in [9.17, 15) is 4.79 Å². The SMILES string of the molecule is CCC1NC(=C=O)Cc2ccccc21. The van der Waals surface area contributed by atoms with Gasteiger partial charge in [0.1, 0.15) is 11.6 Å². The molecule has 0 saturated heterocycles. The Bertz CT molecular complexity index is 391. The minimum absolute atomic E-state index is 0.274. The van der Waals surface area contributed by atoms with Crippen LogP contribution in [0.4, 0.5) is 0 Å². The summed E-state index contributed by atoms with van der Waals surface area (Å²) in [5.41, 5.74) is 3.24. The van der Waals surface area contributed by atoms with E-state index in [-0.39, 0.29) is 6.04 Å². The highest BCUT2D eigenvalue weighted by molar-refractivity contribution is 5.55. The number of nitrogens with one attached hydrogen (secondary N) is 1. The third-order valence-electron chi connectivity index (χ3n) is 2.68. The summed E-state index contributed by atoms with van der Waals surface area (Å²) in [7, 11) is 0. The van der Waals surface area contributed by atoms with Crippen molar-refractivity contribution in [2.24, 2.45) is 0 Å². The monoisotopic (exact) mass is 187 g/mol. The number of hydrogen-bond donors (Lipinski definition) is 1. The van der Waals surface area contributed by atoms with Crippen LogP contribution in [-0.4, -0.2) is 5.94 Å². The van der Waals surface area contributed by atoms with Crippen LogP contribution in [0, 0.1) is 0 Å². The van der Waals surface area contributed by atoms with Gasteiger partial charge in [-0.15, -0.1) is 0 Å². The van der Waals surface area contributed by atoms with Gasteiger partial charge in [-0.1, -0.05) is 31.2 Å². The van der Waals surface area contributed by atoms with Gasteiger partial charge in [0, 0.05) is 6.42 Å². The van der Waals surface area contributed by atoms with Gasteiger partial charge in [0.2, 0.25) is 0 Å². The van der Waals surface area contributed by atoms with Crippen molar-refractivity contribution >= 4 is 5.94 Å². The van der Waals surface area contributed by atoms with Crippen molar-refractivity contribution in [2.45, 2.75) is 25.8 Å². The third kappa shape index (κ3) is 1.45. The van der Waals surface area contributed by atoms with Crippen LogP contribution < -0.4 is 5.32 Å². The van der Waals surface area contributed by atoms with Crippen LogP contribution in [0.5, 0.6) is 0 Å². The van der Waals surface area contributed by atoms with E-state index in [0.29, 0.717) is 12.1 Å². The fourth-order valence-electron chi connectivity index (χ4n) is 1.95. The fourth-order valence-corrected chi connectivity index (χ4v) is 1.95. The van der Waals surface area contributed by atoms with Gasteiger partial charge in [-0.05, 0) is 17.5 Å². The summed E-state index contributed by atoms with van der Waals surface area (Å²) < 4.78 is 0. The van der Waals surface area contributed by atoms with Crippen LogP contribution in [0.2, 0.25) is 0 Å². The number of hydrogen-bond acceptors (Lipinski definition) is 2. The zero-order valence-electron chi connectivity index (χ0n) is 8.21. The van der Waals surface area contributed by atoms with Gasteiger partial charge in [0.05, 0.1) is 6.04 Å². The van der Waals surface area contributed by atoms with Crippen molar-refractivity contribution in [3.05, 3.63) is 41.1 Å². The highest BCUT2D eigenvalue weighted by atomic mass is 16.1. The second-order valence-electron chi connectivity index (χ2n) is 3.56. The molecule has 1 unspecified atom stereocenters. The number of benzene rings is 1. The van der Waals surface area contributed by atoms with Crippen molar-refractivity contribution < 1.29 is 4.79 Å². The Morgan fingerprint density at radius 3 is 3.00 bits per heavy atom. The van der Waals surface area contributed by atoms with Crippen LogP contribution in [0.1, 0.15) is 30.5 Å². The van der Waals surface area contributed by atoms with E-state index < -0.39 is 0 Å². The molecule has 1 heterocycles. The Morgan fingerprint density at radius 1 is 1.50 bits per heavy atom. The molecule has 14 heavy (non-hydrogen) atoms. The molecule has 2 nitrogen and oxygen atoms in total. The average molecular weight is 187 g/mol. The van der Waals surface area contributed by atoms with E-state index in [1.165, 1.54) is 11.1 Å². The van der Waals surface area contributed by atoms with Crippen molar-refractivity contribution in [3.63, 3.8) is 0 Å². The zero-order valence-corrected chi connectivity index (χ0v) is 8.21. The van der Waals surface area contributed by atoms with Crippen molar-refractivity contribution in [1.29, 1.82) is 0 Å². The number of allylic oxidation sites excluding steroid dienone is 1. The molecule has 1 aliphatic heterocycles. The van der Waals surface area contributed by atoms with E-state index in [1.54, 1.807) is 0 Å². The summed E-state index contributed by atoms with van der Waals surface area (Å²) in [6, 6.07) is 8.53. The minimum Gasteiger partial charge on any atom is -0.372 e. The lowest BCUT2D eigenvalue weighted by molar-refractivity contribution is 0.529. The van der Waals surface area contributed by atoms with Crippen LogP contribution in [0.3, 0.4) is 0 Å². The Hall–Kier alpha value is -1.53. The topological polar surface area (TPSA) is 29.1 Å². The quantitative estimate of drug-likeness (QED) is 0.681. The van der Waals surface area contributed by atoms with Gasteiger partial charge in [-0.3, -0.25) is 0 Å². The van der Waals surface area contributed by atoms with Crippen LogP contribution >= 0.6 is 0 Å². The number of fused-ring (bicyclic) bond motifs is 1. The van der Waals surface area contributed by atoms with E-state index in [1.807, 2.05) is 18.1 Å². The molecule has 2 rings (SSSR count). The fraction of sp³-hybridized carbons (Fsp3) is 0.333. The highest BCUT2D eigenvalue weighted by Crippen LogP contribution is 2.27. The summed E-state index contributed by atoms with van der Waals surface area (Å²) in [6.07, 6.45) is 1.68. The maximum atomic E-state index is 10.6. The standard InChI is InChI=1S/C12H13NO/c1-2-12-11-6-4-3-5-9(11)7-10(8-14)13-12/h3-6,12-13H,2,7H2,1H3. The molecule has 0 fully saturated rings. The van der Waals surface area contributed by atoms with E-state index in [4.69, 9.17) is 0 Å². The molecule has 72 valence electrons. The summed E-state index contributed by atoms with van der Waals surface area (Å²) in [6.45, 7) is 2.11. The minimum atomic E-state index is 0.274. The average Bonchev–Trinajstić information content (AvgIpc) is 2.27. The molecule has 2 heteroatoms. The molecule has 0 aliphatic carbocycles. The first-order valence-corrected chi connectivity index (χ1v) is 4.93. The predicted molar refractivity (Wildman–Crippen MR) is 55.5 cm³/mol. The lowest BCUT2D eigenvalue weighted by Gasteiger charge is -2.27. The van der Waals surface area contributed by atoms with E-state index in [2.05, 4.69) is 24.4 Å². The first kappa shape index (κ1) is 9.04. The lowest BCUT2D eigenvalue weighted by atomic mass is 9.92. The molecular weight excluding hydrogens is 174 g/mol. The molecule has 1 N–H and O–H groups in total. The maximum absolute atomic E-state index is 10.6. The molecular formula is C12H13NO. The zero-order chi connectivity index (χ0) is 9.97. The first-order chi connectivity index (χ1) is 6.85. The molecule has 1 aliphatic rings. The molecule has 0 spiro atoms. The van der Waals surface area contributed by atoms with Gasteiger partial charge < -0.3 is 5.32 Å². The van der Waals surface area contributed by atoms with Gasteiger partial charge in [-0.25, -0.2) is 4.79 Å². The van der Waals surface area contributed by atoms with E-state index in [0.717, 1.165) is 6.42 Å². The number of carbonyl (C=O) groups excluding carboxylic acids is 1. The molecule has 1 aromatic carbocycles. The van der Waals surface area contributed by atoms with Gasteiger partial charge in [0.25, 0.3) is 0 Å². The van der Waals surface area contributed by atoms with Gasteiger partial charge in [0.15, 0.2) is 0 Å². The summed E-state index contributed by atoms with van der Waals surface area (Å²) in [5.74, 6) is 1.96. The third-order valence-corrected chi connectivity index (χ3v) is 2.68. The molecule has 0 radical (unpaired) electrons. The molecule has 1 aromatic rings. The smallest absolute Gasteiger partial charge is 0.145 e. The van der Waals surface area contributed by atoms with Crippen LogP contribution in [0.15, 0.2) is 30.0 Å². The molecule has 0 amide bonds. The van der Waals surface area contributed by atoms with Gasteiger partial charge in [-0.2, -0.15) is 0 Å². The second kappa shape index (κ2) is 3.69. The number of rotatable bonds is 1. The molecule has 0 saturated carbocycles. The predicted octanol–water partition coefficient (Wildman–Crippen LogP) is 2.00. The van der Waals surface area contributed by atoms with Crippen LogP contribution in [0.25, 0.3) is 0 Å². The molecule has 0 bridgehead atoms. The van der Waals surface area contributed by atoms with Crippen LogP contribution in [-0.2, 0) is 11.2 Å². The van der Waals surface area contributed by atoms with Crippen molar-refractivity contribution in [3.8, 4) is 0 Å². The Morgan fingerprint density at radius 2 is 2.29 bits per heavy atom. The Labute approximate surface area is 83.6 Å². The first-order valence-electron chi connectivity index (χ1n) is 4.93. The molecule has 0 aromatic heterocycles. The highest BCUT2D eigenvalue weighted by Gasteiger charge is 2.20.